The Labute approximate surface area is 191 Å². The number of hydrogen-bond acceptors (Lipinski definition) is 4. The Morgan fingerprint density at radius 3 is 1.09 bits per heavy atom. The molecule has 2 aromatic rings. The van der Waals surface area contributed by atoms with Crippen LogP contribution in [0.1, 0.15) is 27.7 Å². The standard InChI is InChI=1S/C26H30O4P2/c1-5-31(6-2,19-15-11-9-12-16-19)25-21(27)23(29)26(24(30)22(25)28)32(7-3,8-4)20-17-13-10-14-18-20/h9-18H,5-8H2,1-4H3/p+2. The number of ketones is 2. The molecule has 2 N–H and O–H groups in total. The highest BCUT2D eigenvalue weighted by molar-refractivity contribution is 7.88. The summed E-state index contributed by atoms with van der Waals surface area (Å²) in [5, 5.41) is 24.7. The largest absolute Gasteiger partial charge is 0.501 e. The van der Waals surface area contributed by atoms with Crippen LogP contribution in [0.15, 0.2) is 82.8 Å². The second-order valence-electron chi connectivity index (χ2n) is 7.92. The van der Waals surface area contributed by atoms with Crippen molar-refractivity contribution in [2.75, 3.05) is 24.6 Å². The quantitative estimate of drug-likeness (QED) is 0.398. The highest BCUT2D eigenvalue weighted by atomic mass is 31.2. The lowest BCUT2D eigenvalue weighted by molar-refractivity contribution is -0.119. The molecule has 0 bridgehead atoms. The molecule has 0 fully saturated rings. The van der Waals surface area contributed by atoms with E-state index < -0.39 is 37.6 Å². The van der Waals surface area contributed by atoms with Crippen LogP contribution in [-0.2, 0) is 9.59 Å². The maximum absolute atomic E-state index is 13.7. The van der Waals surface area contributed by atoms with Crippen molar-refractivity contribution < 1.29 is 19.8 Å². The zero-order chi connectivity index (χ0) is 23.5. The van der Waals surface area contributed by atoms with Gasteiger partial charge in [-0.3, -0.25) is 9.59 Å². The summed E-state index contributed by atoms with van der Waals surface area (Å²) in [6, 6.07) is 19.2. The van der Waals surface area contributed by atoms with Gasteiger partial charge < -0.3 is 10.2 Å². The van der Waals surface area contributed by atoms with E-state index in [-0.39, 0.29) is 10.6 Å². The molecular formula is C26H32O4P2+2. The van der Waals surface area contributed by atoms with E-state index in [2.05, 4.69) is 0 Å². The van der Waals surface area contributed by atoms with Crippen LogP contribution in [0.5, 0.6) is 0 Å². The fourth-order valence-corrected chi connectivity index (χ4v) is 12.6. The molecule has 3 rings (SSSR count). The highest BCUT2D eigenvalue weighted by Gasteiger charge is 2.58. The first-order valence-electron chi connectivity index (χ1n) is 11.2. The van der Waals surface area contributed by atoms with Crippen molar-refractivity contribution in [3.63, 3.8) is 0 Å². The van der Waals surface area contributed by atoms with Gasteiger partial charge in [0.15, 0.2) is 10.6 Å². The maximum Gasteiger partial charge on any atom is 0.270 e. The zero-order valence-electron chi connectivity index (χ0n) is 19.2. The number of carbonyl (C=O) groups is 2. The van der Waals surface area contributed by atoms with Crippen molar-refractivity contribution in [3.05, 3.63) is 82.8 Å². The number of aliphatic hydroxyl groups excluding tert-OH is 2. The summed E-state index contributed by atoms with van der Waals surface area (Å²) in [4.78, 5) is 27.4. The van der Waals surface area contributed by atoms with Crippen LogP contribution in [0.4, 0.5) is 0 Å². The third kappa shape index (κ3) is 3.64. The van der Waals surface area contributed by atoms with E-state index in [0.717, 1.165) is 10.6 Å². The fourth-order valence-electron chi connectivity index (χ4n) is 4.94. The molecule has 0 spiro atoms. The Morgan fingerprint density at radius 1 is 0.562 bits per heavy atom. The summed E-state index contributed by atoms with van der Waals surface area (Å²) >= 11 is 0. The Hall–Kier alpha value is -2.28. The van der Waals surface area contributed by atoms with Crippen molar-refractivity contribution in [2.45, 2.75) is 27.7 Å². The van der Waals surface area contributed by atoms with E-state index in [1.54, 1.807) is 0 Å². The minimum absolute atomic E-state index is 0.123. The summed E-state index contributed by atoms with van der Waals surface area (Å²) in [5.74, 6) is -2.10. The van der Waals surface area contributed by atoms with Gasteiger partial charge in [-0.1, -0.05) is 36.4 Å². The molecule has 4 nitrogen and oxygen atoms in total. The highest BCUT2D eigenvalue weighted by Crippen LogP contribution is 2.70. The summed E-state index contributed by atoms with van der Waals surface area (Å²) < 4.78 is 0. The summed E-state index contributed by atoms with van der Waals surface area (Å²) in [6.45, 7) is 7.94. The third-order valence-electron chi connectivity index (χ3n) is 6.83. The smallest absolute Gasteiger partial charge is 0.270 e. The molecule has 0 saturated carbocycles. The molecule has 0 radical (unpaired) electrons. The molecule has 6 heteroatoms. The third-order valence-corrected chi connectivity index (χ3v) is 16.3. The average molecular weight is 470 g/mol. The molecule has 0 saturated heterocycles. The molecule has 1 aliphatic carbocycles. The fraction of sp³-hybridized carbons (Fsp3) is 0.308. The molecule has 0 unspecified atom stereocenters. The number of aliphatic hydroxyl groups is 2. The Bertz CT molecular complexity index is 976. The monoisotopic (exact) mass is 470 g/mol. The lowest BCUT2D eigenvalue weighted by Gasteiger charge is -2.32. The van der Waals surface area contributed by atoms with Crippen molar-refractivity contribution in [1.82, 2.24) is 0 Å². The van der Waals surface area contributed by atoms with Gasteiger partial charge in [-0.05, 0) is 52.0 Å². The first-order valence-corrected chi connectivity index (χ1v) is 15.5. The minimum Gasteiger partial charge on any atom is -0.501 e. The van der Waals surface area contributed by atoms with Gasteiger partial charge in [0.05, 0.1) is 49.8 Å². The van der Waals surface area contributed by atoms with Crippen molar-refractivity contribution >= 4 is 36.7 Å². The van der Waals surface area contributed by atoms with Crippen LogP contribution < -0.4 is 10.6 Å². The number of allylic oxidation sites excluding steroid dienone is 2. The van der Waals surface area contributed by atoms with Crippen LogP contribution in [0, 0.1) is 0 Å². The van der Waals surface area contributed by atoms with Crippen molar-refractivity contribution in [2.24, 2.45) is 0 Å². The molecular weight excluding hydrogens is 438 g/mol. The maximum atomic E-state index is 13.7. The molecule has 2 aromatic carbocycles. The molecule has 1 aliphatic rings. The van der Waals surface area contributed by atoms with Gasteiger partial charge in [0.1, 0.15) is 0 Å². The number of benzene rings is 2. The predicted octanol–water partition coefficient (Wildman–Crippen LogP) is 5.44. The van der Waals surface area contributed by atoms with Gasteiger partial charge >= 0.3 is 0 Å². The predicted molar refractivity (Wildman–Crippen MR) is 137 cm³/mol. The van der Waals surface area contributed by atoms with Crippen molar-refractivity contribution in [1.29, 1.82) is 0 Å². The van der Waals surface area contributed by atoms with Gasteiger partial charge in [0, 0.05) is 0 Å². The van der Waals surface area contributed by atoms with E-state index >= 15 is 0 Å². The normalized spacial score (nSPS) is 15.5. The molecule has 0 aliphatic heterocycles. The number of carbonyl (C=O) groups excluding carboxylic acids is 2. The average Bonchev–Trinajstić information content (AvgIpc) is 2.84. The topological polar surface area (TPSA) is 74.6 Å². The van der Waals surface area contributed by atoms with Crippen LogP contribution in [0.25, 0.3) is 0 Å². The van der Waals surface area contributed by atoms with E-state index in [1.165, 1.54) is 0 Å². The summed E-state index contributed by atoms with van der Waals surface area (Å²) in [6.07, 6.45) is 2.48. The number of hydrogen-bond donors (Lipinski definition) is 2. The first-order chi connectivity index (χ1) is 15.3. The van der Waals surface area contributed by atoms with Crippen LogP contribution in [0.3, 0.4) is 0 Å². The molecule has 0 amide bonds. The van der Waals surface area contributed by atoms with E-state index in [9.17, 15) is 19.8 Å². The lowest BCUT2D eigenvalue weighted by Crippen LogP contribution is -2.33. The van der Waals surface area contributed by atoms with Crippen LogP contribution >= 0.6 is 14.5 Å². The SMILES string of the molecule is CC[P+](CC)(C1=C(O)C(=O)C([P+](CC)(CC)c2ccccc2)=C(O)C1=O)c1ccccc1. The van der Waals surface area contributed by atoms with Crippen LogP contribution in [-0.4, -0.2) is 46.4 Å². The molecule has 0 aromatic heterocycles. The second kappa shape index (κ2) is 9.69. The van der Waals surface area contributed by atoms with Gasteiger partial charge in [-0.15, -0.1) is 0 Å². The van der Waals surface area contributed by atoms with E-state index in [4.69, 9.17) is 0 Å². The van der Waals surface area contributed by atoms with Crippen molar-refractivity contribution in [3.8, 4) is 0 Å². The Morgan fingerprint density at radius 2 is 0.844 bits per heavy atom. The van der Waals surface area contributed by atoms with Crippen LogP contribution in [0.2, 0.25) is 0 Å². The second-order valence-corrected chi connectivity index (χ2v) is 16.3. The lowest BCUT2D eigenvalue weighted by atomic mass is 10.1. The molecule has 0 atom stereocenters. The van der Waals surface area contributed by atoms with Gasteiger partial charge in [-0.25, -0.2) is 0 Å². The Kier molecular flexibility index (Phi) is 7.38. The molecule has 168 valence electrons. The molecule has 32 heavy (non-hydrogen) atoms. The van der Waals surface area contributed by atoms with Gasteiger partial charge in [0.25, 0.3) is 11.6 Å². The minimum atomic E-state index is -2.36. The zero-order valence-corrected chi connectivity index (χ0v) is 21.0. The van der Waals surface area contributed by atoms with E-state index in [0.29, 0.717) is 24.6 Å². The Balaban J connectivity index is 2.26. The van der Waals surface area contributed by atoms with Gasteiger partial charge in [-0.2, -0.15) is 0 Å². The summed E-state index contributed by atoms with van der Waals surface area (Å²) in [7, 11) is -4.73. The molecule has 0 heterocycles. The van der Waals surface area contributed by atoms with Gasteiger partial charge in [0.2, 0.25) is 11.5 Å². The van der Waals surface area contributed by atoms with E-state index in [1.807, 2.05) is 88.4 Å². The summed E-state index contributed by atoms with van der Waals surface area (Å²) in [5.41, 5.74) is 0. The first kappa shape index (κ1) is 24.4. The number of rotatable bonds is 8. The number of Topliss-reactive ketones (excluding diaryl/α,β-unsaturated/α-hetero) is 2.